The second kappa shape index (κ2) is 4.58. The Morgan fingerprint density at radius 1 is 1.29 bits per heavy atom. The van der Waals surface area contributed by atoms with Crippen LogP contribution in [0.3, 0.4) is 0 Å². The summed E-state index contributed by atoms with van der Waals surface area (Å²) >= 11 is 0. The van der Waals surface area contributed by atoms with Gasteiger partial charge in [0.1, 0.15) is 6.29 Å². The lowest BCUT2D eigenvalue weighted by Crippen LogP contribution is -2.36. The van der Waals surface area contributed by atoms with Gasteiger partial charge in [-0.3, -0.25) is 0 Å². The van der Waals surface area contributed by atoms with Gasteiger partial charge in [-0.15, -0.1) is 0 Å². The van der Waals surface area contributed by atoms with Crippen LogP contribution in [0.5, 0.6) is 0 Å². The molecule has 0 aliphatic carbocycles. The van der Waals surface area contributed by atoms with E-state index in [0.29, 0.717) is 13.0 Å². The van der Waals surface area contributed by atoms with Crippen molar-refractivity contribution in [3.63, 3.8) is 0 Å². The van der Waals surface area contributed by atoms with Gasteiger partial charge in [0.15, 0.2) is 0 Å². The fourth-order valence-electron chi connectivity index (χ4n) is 2.05. The molecule has 5 heteroatoms. The Balaban J connectivity index is 2.36. The van der Waals surface area contributed by atoms with E-state index in [4.69, 9.17) is 0 Å². The molecule has 1 aromatic rings. The van der Waals surface area contributed by atoms with Crippen molar-refractivity contribution in [1.29, 1.82) is 0 Å². The molecular formula is C12H15NO3S. The van der Waals surface area contributed by atoms with Crippen LogP contribution in [-0.4, -0.2) is 31.6 Å². The standard InChI is InChI=1S/C12H15NO3S/c1-10-4-6-12(7-5-10)17(15,16)13-8-2-3-11(13)9-14/h4-7,9,11H,2-3,8H2,1H3. The Morgan fingerprint density at radius 2 is 1.94 bits per heavy atom. The molecule has 0 saturated carbocycles. The Labute approximate surface area is 101 Å². The molecule has 0 bridgehead atoms. The van der Waals surface area contributed by atoms with E-state index in [0.717, 1.165) is 18.3 Å². The second-order valence-electron chi connectivity index (χ2n) is 4.27. The van der Waals surface area contributed by atoms with Gasteiger partial charge in [-0.05, 0) is 31.9 Å². The average Bonchev–Trinajstić information content (AvgIpc) is 2.78. The minimum Gasteiger partial charge on any atom is -0.302 e. The number of rotatable bonds is 3. The maximum atomic E-state index is 12.3. The molecule has 0 N–H and O–H groups in total. The van der Waals surface area contributed by atoms with Gasteiger partial charge in [-0.2, -0.15) is 4.31 Å². The van der Waals surface area contributed by atoms with E-state index in [2.05, 4.69) is 0 Å². The smallest absolute Gasteiger partial charge is 0.243 e. The van der Waals surface area contributed by atoms with Crippen LogP contribution in [0.4, 0.5) is 0 Å². The van der Waals surface area contributed by atoms with Gasteiger partial charge in [0.2, 0.25) is 10.0 Å². The van der Waals surface area contributed by atoms with Crippen LogP contribution in [0.15, 0.2) is 29.2 Å². The van der Waals surface area contributed by atoms with E-state index >= 15 is 0 Å². The number of hydrogen-bond acceptors (Lipinski definition) is 3. The van der Waals surface area contributed by atoms with E-state index in [1.807, 2.05) is 6.92 Å². The Kier molecular flexibility index (Phi) is 3.31. The van der Waals surface area contributed by atoms with E-state index in [9.17, 15) is 13.2 Å². The number of hydrogen-bond donors (Lipinski definition) is 0. The molecule has 0 radical (unpaired) electrons. The Bertz CT molecular complexity index is 507. The van der Waals surface area contributed by atoms with Crippen LogP contribution in [0.2, 0.25) is 0 Å². The molecule has 1 aromatic carbocycles. The van der Waals surface area contributed by atoms with E-state index in [-0.39, 0.29) is 4.90 Å². The van der Waals surface area contributed by atoms with Gasteiger partial charge in [-0.1, -0.05) is 17.7 Å². The zero-order valence-electron chi connectivity index (χ0n) is 9.67. The molecule has 4 nitrogen and oxygen atoms in total. The third-order valence-electron chi connectivity index (χ3n) is 3.03. The van der Waals surface area contributed by atoms with Gasteiger partial charge in [0.05, 0.1) is 10.9 Å². The van der Waals surface area contributed by atoms with Crippen LogP contribution in [0.25, 0.3) is 0 Å². The first-order valence-electron chi connectivity index (χ1n) is 5.59. The summed E-state index contributed by atoms with van der Waals surface area (Å²) in [6.45, 7) is 2.33. The fraction of sp³-hybridized carbons (Fsp3) is 0.417. The lowest BCUT2D eigenvalue weighted by molar-refractivity contribution is -0.110. The van der Waals surface area contributed by atoms with Gasteiger partial charge >= 0.3 is 0 Å². The SMILES string of the molecule is Cc1ccc(S(=O)(=O)N2CCCC2C=O)cc1. The molecule has 1 unspecified atom stereocenters. The lowest BCUT2D eigenvalue weighted by atomic mass is 10.2. The minimum atomic E-state index is -3.51. The van der Waals surface area contributed by atoms with Crippen molar-refractivity contribution in [1.82, 2.24) is 4.31 Å². The predicted octanol–water partition coefficient (Wildman–Crippen LogP) is 1.35. The minimum absolute atomic E-state index is 0.261. The molecule has 0 amide bonds. The molecule has 1 heterocycles. The second-order valence-corrected chi connectivity index (χ2v) is 6.17. The molecule has 92 valence electrons. The molecule has 0 spiro atoms. The summed E-state index contributed by atoms with van der Waals surface area (Å²) in [6.07, 6.45) is 2.09. The normalized spacial score (nSPS) is 21.6. The number of sulfonamides is 1. The quantitative estimate of drug-likeness (QED) is 0.764. The third-order valence-corrected chi connectivity index (χ3v) is 4.97. The lowest BCUT2D eigenvalue weighted by Gasteiger charge is -2.19. The molecule has 1 aliphatic heterocycles. The first-order chi connectivity index (χ1) is 8.05. The monoisotopic (exact) mass is 253 g/mol. The summed E-state index contributed by atoms with van der Waals surface area (Å²) in [5.74, 6) is 0. The number of benzene rings is 1. The van der Waals surface area contributed by atoms with Gasteiger partial charge in [0.25, 0.3) is 0 Å². The zero-order valence-corrected chi connectivity index (χ0v) is 10.5. The van der Waals surface area contributed by atoms with E-state index < -0.39 is 16.1 Å². The Morgan fingerprint density at radius 3 is 2.53 bits per heavy atom. The summed E-state index contributed by atoms with van der Waals surface area (Å²) < 4.78 is 25.9. The van der Waals surface area contributed by atoms with Crippen molar-refractivity contribution in [2.24, 2.45) is 0 Å². The van der Waals surface area contributed by atoms with Crippen molar-refractivity contribution >= 4 is 16.3 Å². The number of carbonyl (C=O) groups excluding carboxylic acids is 1. The number of aldehydes is 1. The largest absolute Gasteiger partial charge is 0.302 e. The number of carbonyl (C=O) groups is 1. The maximum Gasteiger partial charge on any atom is 0.243 e. The fourth-order valence-corrected chi connectivity index (χ4v) is 3.68. The number of nitrogens with zero attached hydrogens (tertiary/aromatic N) is 1. The molecule has 17 heavy (non-hydrogen) atoms. The van der Waals surface area contributed by atoms with E-state index in [1.165, 1.54) is 4.31 Å². The van der Waals surface area contributed by atoms with E-state index in [1.54, 1.807) is 24.3 Å². The summed E-state index contributed by atoms with van der Waals surface area (Å²) in [5, 5.41) is 0. The first kappa shape index (κ1) is 12.3. The molecule has 0 aromatic heterocycles. The van der Waals surface area contributed by atoms with Crippen LogP contribution >= 0.6 is 0 Å². The maximum absolute atomic E-state index is 12.3. The van der Waals surface area contributed by atoms with Crippen molar-refractivity contribution in [3.8, 4) is 0 Å². The molecule has 2 rings (SSSR count). The summed E-state index contributed by atoms with van der Waals surface area (Å²) in [5.41, 5.74) is 1.01. The van der Waals surface area contributed by atoms with Gasteiger partial charge < -0.3 is 4.79 Å². The van der Waals surface area contributed by atoms with Gasteiger partial charge in [0, 0.05) is 6.54 Å². The highest BCUT2D eigenvalue weighted by Crippen LogP contribution is 2.25. The third kappa shape index (κ3) is 2.25. The van der Waals surface area contributed by atoms with Crippen molar-refractivity contribution < 1.29 is 13.2 Å². The Hall–Kier alpha value is -1.20. The van der Waals surface area contributed by atoms with Crippen molar-refractivity contribution in [2.75, 3.05) is 6.54 Å². The molecule has 1 saturated heterocycles. The molecular weight excluding hydrogens is 238 g/mol. The van der Waals surface area contributed by atoms with Crippen LogP contribution in [0, 0.1) is 6.92 Å². The summed E-state index contributed by atoms with van der Waals surface area (Å²) in [7, 11) is -3.51. The van der Waals surface area contributed by atoms with Crippen LogP contribution < -0.4 is 0 Å². The molecule has 1 atom stereocenters. The van der Waals surface area contributed by atoms with Crippen LogP contribution in [0.1, 0.15) is 18.4 Å². The highest BCUT2D eigenvalue weighted by atomic mass is 32.2. The highest BCUT2D eigenvalue weighted by molar-refractivity contribution is 7.89. The molecule has 1 aliphatic rings. The van der Waals surface area contributed by atoms with Crippen LogP contribution in [-0.2, 0) is 14.8 Å². The molecule has 1 fully saturated rings. The zero-order chi connectivity index (χ0) is 12.5. The highest BCUT2D eigenvalue weighted by Gasteiger charge is 2.34. The predicted molar refractivity (Wildman–Crippen MR) is 64.2 cm³/mol. The average molecular weight is 253 g/mol. The summed E-state index contributed by atoms with van der Waals surface area (Å²) in [6, 6.07) is 6.20. The first-order valence-corrected chi connectivity index (χ1v) is 7.03. The van der Waals surface area contributed by atoms with Gasteiger partial charge in [-0.25, -0.2) is 8.42 Å². The number of aryl methyl sites for hydroxylation is 1. The summed E-state index contributed by atoms with van der Waals surface area (Å²) in [4.78, 5) is 11.1. The van der Waals surface area contributed by atoms with Crippen molar-refractivity contribution in [2.45, 2.75) is 30.7 Å². The van der Waals surface area contributed by atoms with Crippen molar-refractivity contribution in [3.05, 3.63) is 29.8 Å². The topological polar surface area (TPSA) is 54.5 Å².